The van der Waals surface area contributed by atoms with Gasteiger partial charge in [0.05, 0.1) is 50.4 Å². The molecular weight excluding hydrogens is 352 g/mol. The van der Waals surface area contributed by atoms with Gasteiger partial charge in [0.2, 0.25) is 0 Å². The van der Waals surface area contributed by atoms with Crippen LogP contribution in [0.2, 0.25) is 0 Å². The van der Waals surface area contributed by atoms with Crippen molar-refractivity contribution in [1.82, 2.24) is 14.9 Å². The summed E-state index contributed by atoms with van der Waals surface area (Å²) in [5, 5.41) is 14.3. The summed E-state index contributed by atoms with van der Waals surface area (Å²) in [5.74, 6) is 1.71. The van der Waals surface area contributed by atoms with Crippen molar-refractivity contribution in [2.75, 3.05) is 58.0 Å². The summed E-state index contributed by atoms with van der Waals surface area (Å²) in [6.45, 7) is 10.3. The average molecular weight is 378 g/mol. The molecule has 0 unspecified atom stereocenters. The number of ether oxygens (including phenoxy) is 2. The minimum Gasteiger partial charge on any atom is -0.396 e. The highest BCUT2D eigenvalue weighted by atomic mass is 32.1. The molecule has 0 bridgehead atoms. The zero-order valence-electron chi connectivity index (χ0n) is 15.4. The predicted octanol–water partition coefficient (Wildman–Crippen LogP) is 1.56. The Kier molecular flexibility index (Phi) is 5.11. The third-order valence-electron chi connectivity index (χ3n) is 5.33. The number of rotatable bonds is 6. The molecule has 0 amide bonds. The van der Waals surface area contributed by atoms with E-state index in [1.54, 1.807) is 11.3 Å². The van der Waals surface area contributed by atoms with E-state index >= 15 is 0 Å². The maximum atomic E-state index is 9.69. The quantitative estimate of drug-likeness (QED) is 0.790. The van der Waals surface area contributed by atoms with Gasteiger partial charge in [0.15, 0.2) is 0 Å². The van der Waals surface area contributed by atoms with E-state index in [-0.39, 0.29) is 12.0 Å². The number of aromatic nitrogens is 2. The van der Waals surface area contributed by atoms with Gasteiger partial charge in [-0.15, -0.1) is 11.3 Å². The third kappa shape index (κ3) is 3.44. The molecule has 0 spiro atoms. The van der Waals surface area contributed by atoms with Gasteiger partial charge in [-0.3, -0.25) is 4.90 Å². The second-order valence-corrected chi connectivity index (χ2v) is 8.55. The predicted molar refractivity (Wildman–Crippen MR) is 102 cm³/mol. The number of hydrogen-bond acceptors (Lipinski definition) is 8. The van der Waals surface area contributed by atoms with E-state index in [4.69, 9.17) is 19.4 Å². The number of hydrogen-bond donors (Lipinski definition) is 2. The Labute approximate surface area is 157 Å². The summed E-state index contributed by atoms with van der Waals surface area (Å²) >= 11 is 1.72. The number of aliphatic hydroxyl groups excluding tert-OH is 1. The summed E-state index contributed by atoms with van der Waals surface area (Å²) in [5.41, 5.74) is 1.04. The molecule has 2 aliphatic heterocycles. The van der Waals surface area contributed by atoms with Crippen molar-refractivity contribution in [2.45, 2.75) is 20.4 Å². The molecule has 2 N–H and O–H groups in total. The van der Waals surface area contributed by atoms with Gasteiger partial charge < -0.3 is 19.9 Å². The zero-order valence-corrected chi connectivity index (χ0v) is 16.2. The molecule has 142 valence electrons. The molecule has 0 aromatic carbocycles. The Morgan fingerprint density at radius 3 is 2.62 bits per heavy atom. The van der Waals surface area contributed by atoms with Crippen LogP contribution in [0, 0.1) is 19.3 Å². The molecule has 4 rings (SSSR count). The smallest absolute Gasteiger partial charge is 0.146 e. The molecule has 0 atom stereocenters. The standard InChI is InChI=1S/C18H26N4O3S/c1-12-13(2)26-17-15(12)16(19-8-18(9-23)10-25-11-18)20-14(21-17)7-22-3-5-24-6-4-22/h23H,3-11H2,1-2H3,(H,19,20,21). The van der Waals surface area contributed by atoms with Crippen LogP contribution < -0.4 is 5.32 Å². The lowest BCUT2D eigenvalue weighted by atomic mass is 9.87. The molecule has 2 saturated heterocycles. The number of nitrogens with zero attached hydrogens (tertiary/aromatic N) is 3. The fraction of sp³-hybridized carbons (Fsp3) is 0.667. The summed E-state index contributed by atoms with van der Waals surface area (Å²) in [6, 6.07) is 0. The maximum absolute atomic E-state index is 9.69. The van der Waals surface area contributed by atoms with Gasteiger partial charge in [-0.05, 0) is 19.4 Å². The average Bonchev–Trinajstić information content (AvgIpc) is 2.89. The van der Waals surface area contributed by atoms with Crippen LogP contribution in [0.1, 0.15) is 16.3 Å². The summed E-state index contributed by atoms with van der Waals surface area (Å²) in [7, 11) is 0. The number of nitrogens with one attached hydrogen (secondary N) is 1. The van der Waals surface area contributed by atoms with Crippen LogP contribution in [0.25, 0.3) is 10.2 Å². The van der Waals surface area contributed by atoms with E-state index in [9.17, 15) is 5.11 Å². The topological polar surface area (TPSA) is 79.7 Å². The number of aryl methyl sites for hydroxylation is 2. The second-order valence-electron chi connectivity index (χ2n) is 7.34. The molecule has 2 fully saturated rings. The molecule has 26 heavy (non-hydrogen) atoms. The molecule has 2 aliphatic rings. The minimum absolute atomic E-state index is 0.122. The molecule has 2 aromatic rings. The highest BCUT2D eigenvalue weighted by Crippen LogP contribution is 2.35. The van der Waals surface area contributed by atoms with Crippen LogP contribution in [-0.4, -0.2) is 72.6 Å². The highest BCUT2D eigenvalue weighted by molar-refractivity contribution is 7.18. The van der Waals surface area contributed by atoms with Gasteiger partial charge in [-0.25, -0.2) is 9.97 Å². The molecule has 2 aromatic heterocycles. The molecule has 0 aliphatic carbocycles. The molecular formula is C18H26N4O3S. The van der Waals surface area contributed by atoms with Crippen molar-refractivity contribution in [1.29, 1.82) is 0 Å². The summed E-state index contributed by atoms with van der Waals surface area (Å²) in [6.07, 6.45) is 0. The monoisotopic (exact) mass is 378 g/mol. The molecule has 4 heterocycles. The van der Waals surface area contributed by atoms with Gasteiger partial charge in [0, 0.05) is 24.5 Å². The minimum atomic E-state index is -0.194. The Morgan fingerprint density at radius 2 is 1.96 bits per heavy atom. The first-order valence-corrected chi connectivity index (χ1v) is 9.91. The van der Waals surface area contributed by atoms with Crippen LogP contribution in [0.15, 0.2) is 0 Å². The number of morpholine rings is 1. The lowest BCUT2D eigenvalue weighted by molar-refractivity contribution is -0.128. The Hall–Kier alpha value is -1.32. The van der Waals surface area contributed by atoms with Crippen LogP contribution in [0.5, 0.6) is 0 Å². The van der Waals surface area contributed by atoms with Gasteiger partial charge in [0.1, 0.15) is 16.5 Å². The van der Waals surface area contributed by atoms with Crippen molar-refractivity contribution in [3.63, 3.8) is 0 Å². The first-order valence-electron chi connectivity index (χ1n) is 9.09. The van der Waals surface area contributed by atoms with Gasteiger partial charge >= 0.3 is 0 Å². The Bertz CT molecular complexity index is 779. The summed E-state index contributed by atoms with van der Waals surface area (Å²) in [4.78, 5) is 14.3. The maximum Gasteiger partial charge on any atom is 0.146 e. The van der Waals surface area contributed by atoms with Crippen molar-refractivity contribution in [3.8, 4) is 0 Å². The van der Waals surface area contributed by atoms with Crippen molar-refractivity contribution >= 4 is 27.4 Å². The largest absolute Gasteiger partial charge is 0.396 e. The Balaban J connectivity index is 1.62. The third-order valence-corrected chi connectivity index (χ3v) is 6.43. The highest BCUT2D eigenvalue weighted by Gasteiger charge is 2.38. The normalized spacial score (nSPS) is 20.3. The molecule has 8 heteroatoms. The van der Waals surface area contributed by atoms with E-state index in [2.05, 4.69) is 24.1 Å². The number of anilines is 1. The fourth-order valence-electron chi connectivity index (χ4n) is 3.36. The van der Waals surface area contributed by atoms with Gasteiger partial charge in [0.25, 0.3) is 0 Å². The van der Waals surface area contributed by atoms with E-state index in [0.29, 0.717) is 19.8 Å². The second kappa shape index (κ2) is 7.36. The molecule has 0 saturated carbocycles. The van der Waals surface area contributed by atoms with Gasteiger partial charge in [-0.2, -0.15) is 0 Å². The SMILES string of the molecule is Cc1sc2nc(CN3CCOCC3)nc(NCC3(CO)COC3)c2c1C. The van der Waals surface area contributed by atoms with Gasteiger partial charge in [-0.1, -0.05) is 0 Å². The number of thiophene rings is 1. The van der Waals surface area contributed by atoms with E-state index in [0.717, 1.165) is 54.7 Å². The number of fused-ring (bicyclic) bond motifs is 1. The van der Waals surface area contributed by atoms with Crippen LogP contribution in [-0.2, 0) is 16.0 Å². The summed E-state index contributed by atoms with van der Waals surface area (Å²) < 4.78 is 10.7. The van der Waals surface area contributed by atoms with Crippen molar-refractivity contribution in [2.24, 2.45) is 5.41 Å². The van der Waals surface area contributed by atoms with Crippen molar-refractivity contribution in [3.05, 3.63) is 16.3 Å². The molecule has 0 radical (unpaired) electrons. The fourth-order valence-corrected chi connectivity index (χ4v) is 4.41. The van der Waals surface area contributed by atoms with E-state index in [1.165, 1.54) is 10.4 Å². The lowest BCUT2D eigenvalue weighted by Gasteiger charge is -2.40. The van der Waals surface area contributed by atoms with Crippen LogP contribution in [0.3, 0.4) is 0 Å². The Morgan fingerprint density at radius 1 is 1.19 bits per heavy atom. The van der Waals surface area contributed by atoms with E-state index < -0.39 is 0 Å². The molecule has 7 nitrogen and oxygen atoms in total. The lowest BCUT2D eigenvalue weighted by Crippen LogP contribution is -2.50. The van der Waals surface area contributed by atoms with Crippen LogP contribution >= 0.6 is 11.3 Å². The zero-order chi connectivity index (χ0) is 18.1. The first-order chi connectivity index (χ1) is 12.6. The first kappa shape index (κ1) is 18.1. The van der Waals surface area contributed by atoms with E-state index in [1.807, 2.05) is 0 Å². The van der Waals surface area contributed by atoms with Crippen molar-refractivity contribution < 1.29 is 14.6 Å². The number of aliphatic hydroxyl groups is 1. The van der Waals surface area contributed by atoms with Crippen LogP contribution in [0.4, 0.5) is 5.82 Å².